The molecule has 0 radical (unpaired) electrons. The summed E-state index contributed by atoms with van der Waals surface area (Å²) >= 11 is 0. The Bertz CT molecular complexity index is 163. The zero-order valence-corrected chi connectivity index (χ0v) is 10.8. The summed E-state index contributed by atoms with van der Waals surface area (Å²) in [5.41, 5.74) is 0.598. The molecule has 0 saturated carbocycles. The van der Waals surface area contributed by atoms with Crippen LogP contribution in [-0.4, -0.2) is 20.4 Å². The van der Waals surface area contributed by atoms with Crippen LogP contribution in [0.25, 0.3) is 0 Å². The van der Waals surface area contributed by atoms with Crippen LogP contribution in [0.3, 0.4) is 0 Å². The van der Waals surface area contributed by atoms with Crippen molar-refractivity contribution in [1.82, 2.24) is 0 Å². The van der Waals surface area contributed by atoms with E-state index in [1.165, 1.54) is 19.3 Å². The van der Waals surface area contributed by atoms with Crippen molar-refractivity contribution in [1.29, 1.82) is 0 Å². The summed E-state index contributed by atoms with van der Waals surface area (Å²) in [6, 6.07) is 0. The molecule has 0 amide bonds. The van der Waals surface area contributed by atoms with Crippen LogP contribution in [0.5, 0.6) is 0 Å². The lowest BCUT2D eigenvalue weighted by Crippen LogP contribution is -2.51. The molecule has 2 heteroatoms. The van der Waals surface area contributed by atoms with Gasteiger partial charge in [-0.25, -0.2) is 0 Å². The number of hydrogen-bond acceptors (Lipinski definition) is 1. The van der Waals surface area contributed by atoms with Gasteiger partial charge in [0.25, 0.3) is 0 Å². The van der Waals surface area contributed by atoms with Gasteiger partial charge in [0, 0.05) is 12.3 Å². The molecule has 1 aliphatic heterocycles. The molecular weight excluding hydrogens is 176 g/mol. The maximum absolute atomic E-state index is 5.93. The van der Waals surface area contributed by atoms with Gasteiger partial charge in [0.15, 0.2) is 0 Å². The Balaban J connectivity index is 2.67. The normalized spacial score (nSPS) is 26.1. The molecule has 1 rings (SSSR count). The summed E-state index contributed by atoms with van der Waals surface area (Å²) in [6.07, 6.45) is 3.94. The Morgan fingerprint density at radius 2 is 1.77 bits per heavy atom. The Morgan fingerprint density at radius 1 is 1.15 bits per heavy atom. The van der Waals surface area contributed by atoms with E-state index in [1.807, 2.05) is 0 Å². The zero-order chi connectivity index (χ0) is 10.1. The van der Waals surface area contributed by atoms with Crippen LogP contribution < -0.4 is 0 Å². The Labute approximate surface area is 83.9 Å². The predicted molar refractivity (Wildman–Crippen MR) is 60.8 cm³/mol. The van der Waals surface area contributed by atoms with Gasteiger partial charge in [-0.1, -0.05) is 33.9 Å². The summed E-state index contributed by atoms with van der Waals surface area (Å²) in [6.45, 7) is 13.1. The zero-order valence-electron chi connectivity index (χ0n) is 9.81. The highest BCUT2D eigenvalue weighted by Crippen LogP contribution is 2.41. The average Bonchev–Trinajstić information content (AvgIpc) is 2.04. The van der Waals surface area contributed by atoms with Crippen molar-refractivity contribution in [2.45, 2.75) is 63.9 Å². The second kappa shape index (κ2) is 3.74. The van der Waals surface area contributed by atoms with Crippen LogP contribution in [0.15, 0.2) is 0 Å². The Morgan fingerprint density at radius 3 is 2.15 bits per heavy atom. The van der Waals surface area contributed by atoms with Crippen LogP contribution in [0, 0.1) is 0 Å². The van der Waals surface area contributed by atoms with Crippen molar-refractivity contribution in [3.8, 4) is 0 Å². The van der Waals surface area contributed by atoms with Gasteiger partial charge in [0.2, 0.25) is 0 Å². The summed E-state index contributed by atoms with van der Waals surface area (Å²) in [5, 5.41) is 0.467. The van der Waals surface area contributed by atoms with E-state index in [-0.39, 0.29) is 0 Å². The van der Waals surface area contributed by atoms with Gasteiger partial charge in [-0.15, -0.1) is 0 Å². The quantitative estimate of drug-likeness (QED) is 0.588. The molecule has 1 unspecified atom stereocenters. The molecule has 13 heavy (non-hydrogen) atoms. The van der Waals surface area contributed by atoms with Gasteiger partial charge >= 0.3 is 0 Å². The lowest BCUT2D eigenvalue weighted by atomic mass is 10.2. The van der Waals surface area contributed by atoms with E-state index < -0.39 is 8.07 Å². The maximum atomic E-state index is 5.93. The highest BCUT2D eigenvalue weighted by molar-refractivity contribution is 6.81. The van der Waals surface area contributed by atoms with E-state index in [0.29, 0.717) is 10.8 Å². The van der Waals surface area contributed by atoms with Crippen molar-refractivity contribution in [2.24, 2.45) is 0 Å². The lowest BCUT2D eigenvalue weighted by Gasteiger charge is -2.44. The van der Waals surface area contributed by atoms with Gasteiger partial charge < -0.3 is 4.74 Å². The standard InChI is InChI=1S/C11H24OSi/c1-11(2,3)13(4,5)10-8-6-7-9-12-10/h10H,6-9H2,1-5H3. The molecule has 0 aromatic rings. The molecule has 1 fully saturated rings. The first-order chi connectivity index (χ1) is 5.86. The smallest absolute Gasteiger partial charge is 0.0868 e. The van der Waals surface area contributed by atoms with Gasteiger partial charge in [0.05, 0.1) is 8.07 Å². The van der Waals surface area contributed by atoms with Crippen molar-refractivity contribution >= 4 is 8.07 Å². The molecule has 0 aliphatic carbocycles. The minimum Gasteiger partial charge on any atom is -0.382 e. The average molecular weight is 200 g/mol. The number of ether oxygens (including phenoxy) is 1. The molecule has 0 aromatic heterocycles. The van der Waals surface area contributed by atoms with E-state index in [2.05, 4.69) is 33.9 Å². The first kappa shape index (κ1) is 11.3. The third-order valence-electron chi connectivity index (χ3n) is 3.92. The van der Waals surface area contributed by atoms with Crippen LogP contribution in [0.1, 0.15) is 40.0 Å². The van der Waals surface area contributed by atoms with E-state index >= 15 is 0 Å². The van der Waals surface area contributed by atoms with Gasteiger partial charge in [0.1, 0.15) is 0 Å². The predicted octanol–water partition coefficient (Wildman–Crippen LogP) is 3.60. The van der Waals surface area contributed by atoms with Crippen molar-refractivity contribution < 1.29 is 4.74 Å². The van der Waals surface area contributed by atoms with Crippen LogP contribution in [0.2, 0.25) is 18.1 Å². The molecule has 1 atom stereocenters. The van der Waals surface area contributed by atoms with Crippen molar-refractivity contribution in [3.63, 3.8) is 0 Å². The number of rotatable bonds is 1. The molecule has 1 saturated heterocycles. The van der Waals surface area contributed by atoms with Gasteiger partial charge in [-0.3, -0.25) is 0 Å². The van der Waals surface area contributed by atoms with Gasteiger partial charge in [-0.05, 0) is 24.3 Å². The molecular formula is C11H24OSi. The highest BCUT2D eigenvalue weighted by Gasteiger charge is 2.43. The minimum absolute atomic E-state index is 0.467. The molecule has 78 valence electrons. The Kier molecular flexibility index (Phi) is 3.23. The fourth-order valence-electron chi connectivity index (χ4n) is 1.79. The molecule has 1 heterocycles. The largest absolute Gasteiger partial charge is 0.382 e. The highest BCUT2D eigenvalue weighted by atomic mass is 28.3. The van der Waals surface area contributed by atoms with E-state index in [4.69, 9.17) is 4.74 Å². The van der Waals surface area contributed by atoms with Crippen LogP contribution in [0.4, 0.5) is 0 Å². The molecule has 0 spiro atoms. The molecule has 1 nitrogen and oxygen atoms in total. The molecule has 1 aliphatic rings. The maximum Gasteiger partial charge on any atom is 0.0868 e. The van der Waals surface area contributed by atoms with E-state index in [1.54, 1.807) is 0 Å². The second-order valence-electron chi connectivity index (χ2n) is 5.83. The fourth-order valence-corrected chi connectivity index (χ4v) is 4.22. The Hall–Kier alpha value is 0.177. The minimum atomic E-state index is -1.23. The summed E-state index contributed by atoms with van der Waals surface area (Å²) in [5.74, 6) is 0. The van der Waals surface area contributed by atoms with Crippen LogP contribution in [-0.2, 0) is 4.74 Å². The van der Waals surface area contributed by atoms with Crippen LogP contribution >= 0.6 is 0 Å². The fraction of sp³-hybridized carbons (Fsp3) is 1.00. The second-order valence-corrected chi connectivity index (χ2v) is 11.4. The molecule has 0 N–H and O–H groups in total. The number of hydrogen-bond donors (Lipinski definition) is 0. The topological polar surface area (TPSA) is 9.23 Å². The summed E-state index contributed by atoms with van der Waals surface area (Å²) < 4.78 is 5.93. The third kappa shape index (κ3) is 2.35. The van der Waals surface area contributed by atoms with E-state index in [0.717, 1.165) is 6.61 Å². The first-order valence-electron chi connectivity index (χ1n) is 5.47. The molecule has 0 aromatic carbocycles. The molecule has 0 bridgehead atoms. The first-order valence-corrected chi connectivity index (χ1v) is 8.55. The SMILES string of the molecule is CC(C)(C)[Si](C)(C)C1CCCCO1. The summed E-state index contributed by atoms with van der Waals surface area (Å²) in [4.78, 5) is 0. The monoisotopic (exact) mass is 200 g/mol. The van der Waals surface area contributed by atoms with Crippen molar-refractivity contribution in [3.05, 3.63) is 0 Å². The van der Waals surface area contributed by atoms with Gasteiger partial charge in [-0.2, -0.15) is 0 Å². The van der Waals surface area contributed by atoms with E-state index in [9.17, 15) is 0 Å². The third-order valence-corrected chi connectivity index (χ3v) is 9.85. The lowest BCUT2D eigenvalue weighted by molar-refractivity contribution is 0.0577. The summed E-state index contributed by atoms with van der Waals surface area (Å²) in [7, 11) is -1.23. The van der Waals surface area contributed by atoms with Crippen molar-refractivity contribution in [2.75, 3.05) is 6.61 Å².